The summed E-state index contributed by atoms with van der Waals surface area (Å²) in [6.45, 7) is 0.278. The quantitative estimate of drug-likeness (QED) is 0.403. The second kappa shape index (κ2) is 10.3. The Kier molecular flexibility index (Phi) is 6.58. The van der Waals surface area contributed by atoms with Crippen LogP contribution in [0.3, 0.4) is 0 Å². The van der Waals surface area contributed by atoms with Crippen molar-refractivity contribution in [1.29, 1.82) is 5.26 Å². The number of amides is 2. The average molecular weight is 499 g/mol. The number of nitrogens with one attached hydrogen (secondary N) is 1. The molecule has 1 N–H and O–H groups in total. The van der Waals surface area contributed by atoms with Gasteiger partial charge in [-0.3, -0.25) is 9.59 Å². The van der Waals surface area contributed by atoms with Crippen LogP contribution in [0, 0.1) is 11.3 Å². The summed E-state index contributed by atoms with van der Waals surface area (Å²) in [4.78, 5) is 27.5. The van der Waals surface area contributed by atoms with E-state index in [1.165, 1.54) is 9.58 Å². The van der Waals surface area contributed by atoms with Gasteiger partial charge in [-0.1, -0.05) is 35.5 Å². The van der Waals surface area contributed by atoms with Crippen LogP contribution in [0.4, 0.5) is 5.69 Å². The van der Waals surface area contributed by atoms with Crippen molar-refractivity contribution in [2.75, 3.05) is 18.6 Å². The number of fused-ring (bicyclic) bond motifs is 1. The van der Waals surface area contributed by atoms with E-state index in [2.05, 4.69) is 32.1 Å². The molecule has 186 valence electrons. The van der Waals surface area contributed by atoms with Crippen molar-refractivity contribution in [3.8, 4) is 23.2 Å². The van der Waals surface area contributed by atoms with E-state index in [1.807, 2.05) is 30.3 Å². The molecule has 12 nitrogen and oxygen atoms in total. The first-order valence-electron chi connectivity index (χ1n) is 11.5. The third-order valence-corrected chi connectivity index (χ3v) is 5.90. The predicted molar refractivity (Wildman–Crippen MR) is 129 cm³/mol. The molecular formula is C25H22N8O4. The molecule has 1 unspecified atom stereocenters. The Morgan fingerprint density at radius 3 is 2.86 bits per heavy atom. The minimum atomic E-state index is -0.941. The summed E-state index contributed by atoms with van der Waals surface area (Å²) in [6, 6.07) is 17.6. The number of rotatable bonds is 7. The number of hydrogen-bond donors (Lipinski definition) is 1. The largest absolute Gasteiger partial charge is 0.489 e. The summed E-state index contributed by atoms with van der Waals surface area (Å²) in [7, 11) is 1.60. The Hall–Kier alpha value is -5.05. The van der Waals surface area contributed by atoms with Gasteiger partial charge in [-0.05, 0) is 34.2 Å². The van der Waals surface area contributed by atoms with E-state index in [1.54, 1.807) is 31.3 Å². The van der Waals surface area contributed by atoms with E-state index in [0.29, 0.717) is 41.6 Å². The van der Waals surface area contributed by atoms with Gasteiger partial charge in [0, 0.05) is 25.1 Å². The van der Waals surface area contributed by atoms with Gasteiger partial charge >= 0.3 is 0 Å². The number of nitrogens with zero attached hydrogens (tertiary/aromatic N) is 7. The Balaban J connectivity index is 1.30. The third-order valence-electron chi connectivity index (χ3n) is 5.90. The van der Waals surface area contributed by atoms with E-state index in [9.17, 15) is 9.59 Å². The fourth-order valence-corrected chi connectivity index (χ4v) is 3.99. The molecule has 2 aromatic heterocycles. The highest BCUT2D eigenvalue weighted by atomic mass is 16.5. The molecule has 4 aromatic rings. The van der Waals surface area contributed by atoms with Crippen LogP contribution in [0.5, 0.6) is 5.75 Å². The molecular weight excluding hydrogens is 476 g/mol. The Labute approximate surface area is 211 Å². The lowest BCUT2D eigenvalue weighted by molar-refractivity contribution is -0.120. The normalized spacial score (nSPS) is 14.9. The van der Waals surface area contributed by atoms with E-state index in [0.717, 1.165) is 5.56 Å². The average Bonchev–Trinajstić information content (AvgIpc) is 3.57. The molecule has 0 spiro atoms. The maximum Gasteiger partial charge on any atom is 0.274 e. The maximum atomic E-state index is 13.2. The molecule has 0 radical (unpaired) electrons. The lowest BCUT2D eigenvalue weighted by Crippen LogP contribution is -2.49. The van der Waals surface area contributed by atoms with Crippen LogP contribution in [0.2, 0.25) is 0 Å². The number of ether oxygens (including phenoxy) is 1. The molecule has 3 heterocycles. The highest BCUT2D eigenvalue weighted by Gasteiger charge is 2.32. The molecule has 0 saturated carbocycles. The Morgan fingerprint density at radius 1 is 1.22 bits per heavy atom. The van der Waals surface area contributed by atoms with E-state index in [-0.39, 0.29) is 24.6 Å². The molecule has 0 bridgehead atoms. The number of nitriles is 1. The first kappa shape index (κ1) is 23.7. The van der Waals surface area contributed by atoms with Crippen LogP contribution in [0.15, 0.2) is 59.1 Å². The van der Waals surface area contributed by atoms with Crippen LogP contribution in [0.1, 0.15) is 28.2 Å². The van der Waals surface area contributed by atoms with Crippen LogP contribution in [0.25, 0.3) is 11.4 Å². The van der Waals surface area contributed by atoms with Gasteiger partial charge in [0.15, 0.2) is 11.5 Å². The topological polar surface area (TPSA) is 152 Å². The second-order valence-electron chi connectivity index (χ2n) is 8.39. The maximum absolute atomic E-state index is 13.2. The number of carbonyl (C=O) groups is 2. The lowest BCUT2D eigenvalue weighted by atomic mass is 10.1. The molecule has 2 amide bonds. The monoisotopic (exact) mass is 498 g/mol. The molecule has 0 aliphatic carbocycles. The smallest absolute Gasteiger partial charge is 0.274 e. The standard InChI is InChI=1S/C25H22N8O4/c1-32-21-13-17(23-28-30-31-33(23)11-5-10-26)8-9-22(21)36-15-20(25(32)35)27-24(34)19-14-18(37-29-19)12-16-6-3-2-4-7-16/h2-4,6-9,13-14,20H,5,11-12,15H2,1H3,(H,27,34). The van der Waals surface area contributed by atoms with Gasteiger partial charge in [0.2, 0.25) is 0 Å². The summed E-state index contributed by atoms with van der Waals surface area (Å²) >= 11 is 0. The summed E-state index contributed by atoms with van der Waals surface area (Å²) in [6.07, 6.45) is 0.748. The first-order valence-corrected chi connectivity index (χ1v) is 11.5. The molecule has 1 atom stereocenters. The summed E-state index contributed by atoms with van der Waals surface area (Å²) in [5, 5.41) is 27.1. The molecule has 12 heteroatoms. The van der Waals surface area contributed by atoms with Crippen molar-refractivity contribution < 1.29 is 18.8 Å². The molecule has 1 aliphatic rings. The molecule has 5 rings (SSSR count). The van der Waals surface area contributed by atoms with Crippen LogP contribution < -0.4 is 15.0 Å². The summed E-state index contributed by atoms with van der Waals surface area (Å²) in [5.74, 6) is 0.571. The van der Waals surface area contributed by atoms with E-state index < -0.39 is 11.9 Å². The number of carbonyl (C=O) groups excluding carboxylic acids is 2. The van der Waals surface area contributed by atoms with Crippen LogP contribution >= 0.6 is 0 Å². The number of likely N-dealkylation sites (N-methyl/N-ethyl adjacent to an activating group) is 1. The number of aryl methyl sites for hydroxylation is 1. The van der Waals surface area contributed by atoms with Gasteiger partial charge in [-0.2, -0.15) is 5.26 Å². The van der Waals surface area contributed by atoms with Gasteiger partial charge in [-0.25, -0.2) is 4.68 Å². The summed E-state index contributed by atoms with van der Waals surface area (Å²) < 4.78 is 12.7. The summed E-state index contributed by atoms with van der Waals surface area (Å²) in [5.41, 5.74) is 2.26. The van der Waals surface area contributed by atoms with Crippen molar-refractivity contribution in [2.45, 2.75) is 25.4 Å². The van der Waals surface area contributed by atoms with Gasteiger partial charge in [0.1, 0.15) is 24.2 Å². The van der Waals surface area contributed by atoms with Gasteiger partial charge in [0.25, 0.3) is 11.8 Å². The van der Waals surface area contributed by atoms with Crippen LogP contribution in [-0.2, 0) is 17.8 Å². The SMILES string of the molecule is CN1C(=O)C(NC(=O)c2cc(Cc3ccccc3)on2)COc2ccc(-c3nnnn3CCC#N)cc21. The molecule has 0 fully saturated rings. The van der Waals surface area contributed by atoms with E-state index >= 15 is 0 Å². The third kappa shape index (κ3) is 5.01. The van der Waals surface area contributed by atoms with E-state index in [4.69, 9.17) is 14.5 Å². The van der Waals surface area contributed by atoms with Gasteiger partial charge in [-0.15, -0.1) is 5.10 Å². The fraction of sp³-hybridized carbons (Fsp3) is 0.240. The highest BCUT2D eigenvalue weighted by molar-refractivity contribution is 6.03. The van der Waals surface area contributed by atoms with Crippen LogP contribution in [-0.4, -0.2) is 56.9 Å². The van der Waals surface area contributed by atoms with Crippen molar-refractivity contribution in [3.63, 3.8) is 0 Å². The molecule has 37 heavy (non-hydrogen) atoms. The zero-order valence-corrected chi connectivity index (χ0v) is 19.9. The Bertz CT molecular complexity index is 1470. The number of tetrazole rings is 1. The van der Waals surface area contributed by atoms with Crippen molar-refractivity contribution in [3.05, 3.63) is 71.6 Å². The van der Waals surface area contributed by atoms with Gasteiger partial charge < -0.3 is 19.5 Å². The second-order valence-corrected chi connectivity index (χ2v) is 8.39. The number of anilines is 1. The van der Waals surface area contributed by atoms with Crippen molar-refractivity contribution in [1.82, 2.24) is 30.7 Å². The lowest BCUT2D eigenvalue weighted by Gasteiger charge is -2.20. The molecule has 2 aromatic carbocycles. The van der Waals surface area contributed by atoms with Crippen molar-refractivity contribution in [2.24, 2.45) is 0 Å². The number of benzene rings is 2. The predicted octanol–water partition coefficient (Wildman–Crippen LogP) is 1.99. The Morgan fingerprint density at radius 2 is 2.05 bits per heavy atom. The minimum Gasteiger partial charge on any atom is -0.489 e. The fourth-order valence-electron chi connectivity index (χ4n) is 3.99. The highest BCUT2D eigenvalue weighted by Crippen LogP contribution is 2.34. The zero-order valence-electron chi connectivity index (χ0n) is 19.9. The van der Waals surface area contributed by atoms with Gasteiger partial charge in [0.05, 0.1) is 24.7 Å². The minimum absolute atomic E-state index is 0.0596. The molecule has 0 saturated heterocycles. The number of hydrogen-bond acceptors (Lipinski definition) is 9. The van der Waals surface area contributed by atoms with Crippen molar-refractivity contribution >= 4 is 17.5 Å². The number of aromatic nitrogens is 5. The first-order chi connectivity index (χ1) is 18.0. The molecule has 1 aliphatic heterocycles. The zero-order chi connectivity index (χ0) is 25.8.